The number of rotatable bonds is 8. The fourth-order valence-electron chi connectivity index (χ4n) is 1.79. The molecule has 0 spiro atoms. The first-order valence-electron chi connectivity index (χ1n) is 6.28. The molecule has 0 heterocycles. The van der Waals surface area contributed by atoms with Crippen molar-refractivity contribution >= 4 is 10.0 Å². The first-order valence-corrected chi connectivity index (χ1v) is 7.94. The molecule has 18 heavy (non-hydrogen) atoms. The Morgan fingerprint density at radius 3 is 2.44 bits per heavy atom. The number of hydrogen-bond acceptors (Lipinski definition) is 3. The van der Waals surface area contributed by atoms with Gasteiger partial charge in [0, 0.05) is 6.04 Å². The van der Waals surface area contributed by atoms with Crippen molar-refractivity contribution in [2.75, 3.05) is 19.3 Å². The maximum atomic E-state index is 11.9. The summed E-state index contributed by atoms with van der Waals surface area (Å²) in [7, 11) is -1.38. The van der Waals surface area contributed by atoms with Crippen LogP contribution in [0.2, 0.25) is 0 Å². The summed E-state index contributed by atoms with van der Waals surface area (Å²) in [6, 6.07) is 9.54. The maximum Gasteiger partial charge on any atom is 0.212 e. The molecule has 1 aromatic carbocycles. The van der Waals surface area contributed by atoms with Crippen LogP contribution in [0, 0.1) is 0 Å². The molecule has 1 unspecified atom stereocenters. The Hall–Kier alpha value is -0.910. The Bertz CT molecular complexity index is 432. The van der Waals surface area contributed by atoms with Gasteiger partial charge in [0.25, 0.3) is 0 Å². The van der Waals surface area contributed by atoms with Gasteiger partial charge >= 0.3 is 0 Å². The lowest BCUT2D eigenvalue weighted by Crippen LogP contribution is -2.31. The van der Waals surface area contributed by atoms with Crippen molar-refractivity contribution in [3.63, 3.8) is 0 Å². The highest BCUT2D eigenvalue weighted by molar-refractivity contribution is 7.89. The molecule has 0 aliphatic rings. The van der Waals surface area contributed by atoms with Crippen LogP contribution in [-0.4, -0.2) is 27.8 Å². The van der Waals surface area contributed by atoms with E-state index in [1.807, 2.05) is 44.3 Å². The van der Waals surface area contributed by atoms with E-state index < -0.39 is 10.0 Å². The van der Waals surface area contributed by atoms with Crippen molar-refractivity contribution in [1.29, 1.82) is 0 Å². The number of nitrogens with one attached hydrogen (secondary N) is 2. The molecule has 1 rings (SSSR count). The standard InChI is InChI=1S/C13H22N2O2S/c1-3-13(12-8-5-4-6-9-12)15-18(16,17)11-7-10-14-2/h4-6,8-9,13-15H,3,7,10-11H2,1-2H3. The molecule has 0 saturated carbocycles. The molecule has 0 radical (unpaired) electrons. The zero-order valence-electron chi connectivity index (χ0n) is 11.0. The van der Waals surface area contributed by atoms with Gasteiger partial charge in [-0.1, -0.05) is 37.3 Å². The summed E-state index contributed by atoms with van der Waals surface area (Å²) in [5.74, 6) is 0.164. The van der Waals surface area contributed by atoms with Crippen LogP contribution < -0.4 is 10.0 Å². The second kappa shape index (κ2) is 7.51. The summed E-state index contributed by atoms with van der Waals surface area (Å²) in [6.45, 7) is 2.69. The van der Waals surface area contributed by atoms with Gasteiger partial charge in [-0.2, -0.15) is 0 Å². The van der Waals surface area contributed by atoms with Gasteiger partial charge in [0.1, 0.15) is 0 Å². The van der Waals surface area contributed by atoms with E-state index in [1.54, 1.807) is 0 Å². The quantitative estimate of drug-likeness (QED) is 0.706. The Labute approximate surface area is 110 Å². The fourth-order valence-corrected chi connectivity index (χ4v) is 3.17. The van der Waals surface area contributed by atoms with Crippen molar-refractivity contribution in [2.24, 2.45) is 0 Å². The van der Waals surface area contributed by atoms with Crippen molar-refractivity contribution in [2.45, 2.75) is 25.8 Å². The minimum Gasteiger partial charge on any atom is -0.320 e. The molecule has 0 aliphatic heterocycles. The largest absolute Gasteiger partial charge is 0.320 e. The van der Waals surface area contributed by atoms with Gasteiger partial charge in [-0.05, 0) is 32.0 Å². The molecule has 5 heteroatoms. The van der Waals surface area contributed by atoms with E-state index in [9.17, 15) is 8.42 Å². The Morgan fingerprint density at radius 1 is 1.22 bits per heavy atom. The van der Waals surface area contributed by atoms with Crippen LogP contribution in [0.15, 0.2) is 30.3 Å². The van der Waals surface area contributed by atoms with Crippen molar-refractivity contribution in [3.8, 4) is 0 Å². The molecule has 0 saturated heterocycles. The van der Waals surface area contributed by atoms with Crippen LogP contribution in [0.4, 0.5) is 0 Å². The highest BCUT2D eigenvalue weighted by Gasteiger charge is 2.17. The third-order valence-electron chi connectivity index (χ3n) is 2.77. The highest BCUT2D eigenvalue weighted by Crippen LogP contribution is 2.17. The molecule has 0 amide bonds. The Balaban J connectivity index is 2.63. The van der Waals surface area contributed by atoms with E-state index in [2.05, 4.69) is 10.0 Å². The minimum absolute atomic E-state index is 0.134. The van der Waals surface area contributed by atoms with Gasteiger partial charge in [-0.15, -0.1) is 0 Å². The SMILES string of the molecule is CCC(NS(=O)(=O)CCCNC)c1ccccc1. The van der Waals surface area contributed by atoms with Gasteiger partial charge in [-0.25, -0.2) is 13.1 Å². The van der Waals surface area contributed by atoms with Gasteiger partial charge in [-0.3, -0.25) is 0 Å². The summed E-state index contributed by atoms with van der Waals surface area (Å²) in [5, 5.41) is 2.95. The zero-order valence-corrected chi connectivity index (χ0v) is 11.8. The first-order chi connectivity index (χ1) is 8.59. The van der Waals surface area contributed by atoms with E-state index in [1.165, 1.54) is 0 Å². The summed E-state index contributed by atoms with van der Waals surface area (Å²) in [4.78, 5) is 0. The lowest BCUT2D eigenvalue weighted by Gasteiger charge is -2.17. The Kier molecular flexibility index (Phi) is 6.32. The number of hydrogen-bond donors (Lipinski definition) is 2. The van der Waals surface area contributed by atoms with E-state index >= 15 is 0 Å². The third-order valence-corrected chi connectivity index (χ3v) is 4.24. The van der Waals surface area contributed by atoms with E-state index in [-0.39, 0.29) is 11.8 Å². The van der Waals surface area contributed by atoms with Crippen LogP contribution in [0.3, 0.4) is 0 Å². The molecular formula is C13H22N2O2S. The number of sulfonamides is 1. The van der Waals surface area contributed by atoms with E-state index in [0.717, 1.165) is 12.0 Å². The molecule has 0 bridgehead atoms. The van der Waals surface area contributed by atoms with E-state index in [4.69, 9.17) is 0 Å². The molecule has 1 aromatic rings. The van der Waals surface area contributed by atoms with Crippen molar-refractivity contribution < 1.29 is 8.42 Å². The topological polar surface area (TPSA) is 58.2 Å². The monoisotopic (exact) mass is 270 g/mol. The van der Waals surface area contributed by atoms with Crippen LogP contribution >= 0.6 is 0 Å². The van der Waals surface area contributed by atoms with Crippen molar-refractivity contribution in [3.05, 3.63) is 35.9 Å². The lowest BCUT2D eigenvalue weighted by molar-refractivity contribution is 0.547. The van der Waals surface area contributed by atoms with Crippen LogP contribution in [0.5, 0.6) is 0 Å². The Morgan fingerprint density at radius 2 is 1.89 bits per heavy atom. The fraction of sp³-hybridized carbons (Fsp3) is 0.538. The third kappa shape index (κ3) is 5.16. The molecule has 1 atom stereocenters. The molecule has 102 valence electrons. The summed E-state index contributed by atoms with van der Waals surface area (Å²) in [6.07, 6.45) is 1.37. The summed E-state index contributed by atoms with van der Waals surface area (Å²) in [5.41, 5.74) is 1.01. The average molecular weight is 270 g/mol. The average Bonchev–Trinajstić information content (AvgIpc) is 2.37. The van der Waals surface area contributed by atoms with Gasteiger partial charge in [0.05, 0.1) is 5.75 Å². The van der Waals surface area contributed by atoms with Gasteiger partial charge in [0.15, 0.2) is 0 Å². The van der Waals surface area contributed by atoms with Crippen molar-refractivity contribution in [1.82, 2.24) is 10.0 Å². The van der Waals surface area contributed by atoms with Gasteiger partial charge < -0.3 is 5.32 Å². The minimum atomic E-state index is -3.20. The second-order valence-electron chi connectivity index (χ2n) is 4.27. The second-order valence-corrected chi connectivity index (χ2v) is 6.14. The lowest BCUT2D eigenvalue weighted by atomic mass is 10.1. The van der Waals surface area contributed by atoms with Crippen LogP contribution in [0.1, 0.15) is 31.4 Å². The predicted octanol–water partition coefficient (Wildman–Crippen LogP) is 1.67. The smallest absolute Gasteiger partial charge is 0.212 e. The predicted molar refractivity (Wildman–Crippen MR) is 74.9 cm³/mol. The zero-order chi connectivity index (χ0) is 13.4. The van der Waals surface area contributed by atoms with E-state index in [0.29, 0.717) is 13.0 Å². The molecule has 0 fully saturated rings. The molecule has 4 nitrogen and oxygen atoms in total. The first kappa shape index (κ1) is 15.1. The highest BCUT2D eigenvalue weighted by atomic mass is 32.2. The number of benzene rings is 1. The maximum absolute atomic E-state index is 11.9. The normalized spacial score (nSPS) is 13.4. The van der Waals surface area contributed by atoms with Gasteiger partial charge in [0.2, 0.25) is 10.0 Å². The van der Waals surface area contributed by atoms with Crippen LogP contribution in [-0.2, 0) is 10.0 Å². The molecular weight excluding hydrogens is 248 g/mol. The molecule has 0 aliphatic carbocycles. The van der Waals surface area contributed by atoms with Crippen LogP contribution in [0.25, 0.3) is 0 Å². The summed E-state index contributed by atoms with van der Waals surface area (Å²) < 4.78 is 26.6. The summed E-state index contributed by atoms with van der Waals surface area (Å²) >= 11 is 0. The molecule has 0 aromatic heterocycles. The molecule has 2 N–H and O–H groups in total.